The second kappa shape index (κ2) is 4.72. The van der Waals surface area contributed by atoms with Gasteiger partial charge in [-0.1, -0.05) is 27.7 Å². The number of aliphatic hydroxyl groups excluding tert-OH is 1. The van der Waals surface area contributed by atoms with E-state index in [0.29, 0.717) is 0 Å². The zero-order chi connectivity index (χ0) is 12.6. The molecular formula is C9H9Cl2NO4S. The lowest BCUT2D eigenvalue weighted by molar-refractivity contribution is -0.0316. The van der Waals surface area contributed by atoms with E-state index in [1.54, 1.807) is 0 Å². The number of β-amino-alcohol motifs (C(OH)–C–C–N with tert-alkyl or cyclic N) is 1. The molecule has 0 saturated carbocycles. The van der Waals surface area contributed by atoms with Crippen LogP contribution >= 0.6 is 23.2 Å². The van der Waals surface area contributed by atoms with E-state index in [9.17, 15) is 13.5 Å². The van der Waals surface area contributed by atoms with E-state index in [1.807, 2.05) is 0 Å². The molecule has 1 fully saturated rings. The highest BCUT2D eigenvalue weighted by atomic mass is 35.5. The molecule has 5 nitrogen and oxygen atoms in total. The largest absolute Gasteiger partial charge is 0.389 e. The lowest BCUT2D eigenvalue weighted by atomic mass is 10.4. The number of nitrogens with zero attached hydrogens (tertiary/aromatic N) is 1. The molecule has 1 saturated heterocycles. The Morgan fingerprint density at radius 3 is 2.59 bits per heavy atom. The summed E-state index contributed by atoms with van der Waals surface area (Å²) in [7, 11) is -3.80. The van der Waals surface area contributed by atoms with Crippen LogP contribution in [0.5, 0.6) is 0 Å². The normalized spacial score (nSPS) is 21.9. The van der Waals surface area contributed by atoms with Gasteiger partial charge in [0, 0.05) is 0 Å². The van der Waals surface area contributed by atoms with Gasteiger partial charge in [-0.15, -0.1) is 0 Å². The summed E-state index contributed by atoms with van der Waals surface area (Å²) < 4.78 is 24.8. The van der Waals surface area contributed by atoms with E-state index in [0.717, 1.165) is 4.47 Å². The van der Waals surface area contributed by atoms with Crippen molar-refractivity contribution in [1.82, 2.24) is 4.47 Å². The molecule has 1 atom stereocenters. The maximum atomic E-state index is 12.0. The Morgan fingerprint density at radius 1 is 1.35 bits per heavy atom. The first kappa shape index (κ1) is 13.1. The van der Waals surface area contributed by atoms with Gasteiger partial charge in [0.15, 0.2) is 0 Å². The van der Waals surface area contributed by atoms with Gasteiger partial charge in [0.1, 0.15) is 0 Å². The van der Waals surface area contributed by atoms with Crippen LogP contribution in [0.25, 0.3) is 0 Å². The maximum Gasteiger partial charge on any atom is 0.265 e. The number of hydrogen-bond acceptors (Lipinski definition) is 4. The van der Waals surface area contributed by atoms with E-state index >= 15 is 0 Å². The van der Waals surface area contributed by atoms with Crippen molar-refractivity contribution >= 4 is 33.2 Å². The predicted molar refractivity (Wildman–Crippen MR) is 62.3 cm³/mol. The first-order valence-electron chi connectivity index (χ1n) is 4.70. The zero-order valence-electron chi connectivity index (χ0n) is 8.51. The van der Waals surface area contributed by atoms with Gasteiger partial charge in [0.05, 0.1) is 34.2 Å². The van der Waals surface area contributed by atoms with Gasteiger partial charge in [-0.25, -0.2) is 8.42 Å². The molecule has 0 bridgehead atoms. The fourth-order valence-electron chi connectivity index (χ4n) is 1.37. The number of hydrogen-bond donors (Lipinski definition) is 1. The van der Waals surface area contributed by atoms with Crippen molar-refractivity contribution in [2.75, 3.05) is 13.2 Å². The Bertz CT molecular complexity index is 534. The maximum absolute atomic E-state index is 12.0. The van der Waals surface area contributed by atoms with E-state index in [2.05, 4.69) is 0 Å². The third kappa shape index (κ3) is 2.57. The van der Waals surface area contributed by atoms with Crippen molar-refractivity contribution in [1.29, 1.82) is 0 Å². The average Bonchev–Trinajstić information content (AvgIpc) is 2.69. The molecule has 1 N–H and O–H groups in total. The minimum atomic E-state index is -3.80. The molecule has 17 heavy (non-hydrogen) atoms. The second-order valence-electron chi connectivity index (χ2n) is 3.52. The summed E-state index contributed by atoms with van der Waals surface area (Å²) >= 11 is 11.5. The summed E-state index contributed by atoms with van der Waals surface area (Å²) in [5.41, 5.74) is 0. The summed E-state index contributed by atoms with van der Waals surface area (Å²) in [4.78, 5) is 4.85. The number of hydroxylamine groups is 1. The summed E-state index contributed by atoms with van der Waals surface area (Å²) in [5, 5.41) is 9.65. The molecule has 0 aromatic heterocycles. The lowest BCUT2D eigenvalue weighted by Gasteiger charge is -2.14. The third-order valence-electron chi connectivity index (χ3n) is 2.23. The summed E-state index contributed by atoms with van der Waals surface area (Å²) in [6, 6.07) is 3.97. The van der Waals surface area contributed by atoms with Crippen molar-refractivity contribution in [2.24, 2.45) is 0 Å². The van der Waals surface area contributed by atoms with Gasteiger partial charge in [0.2, 0.25) is 0 Å². The zero-order valence-corrected chi connectivity index (χ0v) is 10.8. The van der Waals surface area contributed by atoms with Crippen molar-refractivity contribution in [3.63, 3.8) is 0 Å². The monoisotopic (exact) mass is 297 g/mol. The Hall–Kier alpha value is -0.370. The highest BCUT2D eigenvalue weighted by Crippen LogP contribution is 2.27. The van der Waals surface area contributed by atoms with E-state index in [-0.39, 0.29) is 28.1 Å². The fourth-order valence-corrected chi connectivity index (χ4v) is 3.04. The molecular weight excluding hydrogens is 289 g/mol. The Morgan fingerprint density at radius 2 is 2.06 bits per heavy atom. The molecule has 0 radical (unpaired) electrons. The van der Waals surface area contributed by atoms with Crippen molar-refractivity contribution in [2.45, 2.75) is 11.0 Å². The van der Waals surface area contributed by atoms with Crippen LogP contribution in [0.2, 0.25) is 10.0 Å². The molecule has 94 valence electrons. The van der Waals surface area contributed by atoms with Gasteiger partial charge in [-0.3, -0.25) is 4.84 Å². The number of aliphatic hydroxyl groups is 1. The minimum Gasteiger partial charge on any atom is -0.389 e. The van der Waals surface area contributed by atoms with Crippen LogP contribution in [-0.4, -0.2) is 37.2 Å². The van der Waals surface area contributed by atoms with Crippen molar-refractivity contribution < 1.29 is 18.4 Å². The fraction of sp³-hybridized carbons (Fsp3) is 0.333. The number of benzene rings is 1. The van der Waals surface area contributed by atoms with E-state index in [4.69, 9.17) is 28.0 Å². The minimum absolute atomic E-state index is 0.0269. The SMILES string of the molecule is O=S(=O)(c1ccc(Cl)c(Cl)c1)N1C[C@@H](O)CO1. The first-order chi connectivity index (χ1) is 7.91. The lowest BCUT2D eigenvalue weighted by Crippen LogP contribution is -2.28. The van der Waals surface area contributed by atoms with Gasteiger partial charge in [-0.05, 0) is 18.2 Å². The van der Waals surface area contributed by atoms with Gasteiger partial charge >= 0.3 is 0 Å². The van der Waals surface area contributed by atoms with Crippen LogP contribution in [0.4, 0.5) is 0 Å². The summed E-state index contributed by atoms with van der Waals surface area (Å²) in [5.74, 6) is 0. The molecule has 1 aliphatic heterocycles. The van der Waals surface area contributed by atoms with Crippen molar-refractivity contribution in [3.8, 4) is 0 Å². The number of rotatable bonds is 2. The van der Waals surface area contributed by atoms with Crippen molar-refractivity contribution in [3.05, 3.63) is 28.2 Å². The third-order valence-corrected chi connectivity index (χ3v) is 4.61. The standard InChI is InChI=1S/C9H9Cl2NO4S/c10-8-2-1-7(3-9(8)11)17(14,15)12-4-6(13)5-16-12/h1-3,6,13H,4-5H2/t6-/m1/s1. The van der Waals surface area contributed by atoms with Gasteiger partial charge in [-0.2, -0.15) is 0 Å². The predicted octanol–water partition coefficient (Wildman–Crippen LogP) is 1.29. The number of halogens is 2. The Kier molecular flexibility index (Phi) is 3.63. The van der Waals surface area contributed by atoms with E-state index < -0.39 is 16.1 Å². The topological polar surface area (TPSA) is 66.8 Å². The molecule has 0 unspecified atom stereocenters. The summed E-state index contributed by atoms with van der Waals surface area (Å²) in [6.07, 6.45) is -0.812. The average molecular weight is 298 g/mol. The molecule has 0 aliphatic carbocycles. The Balaban J connectivity index is 2.35. The molecule has 1 aromatic rings. The first-order valence-corrected chi connectivity index (χ1v) is 6.89. The Labute approximate surface area is 109 Å². The van der Waals surface area contributed by atoms with E-state index in [1.165, 1.54) is 18.2 Å². The molecule has 1 aliphatic rings. The summed E-state index contributed by atoms with van der Waals surface area (Å²) in [6.45, 7) is -0.136. The highest BCUT2D eigenvalue weighted by Gasteiger charge is 2.33. The number of sulfonamides is 1. The molecule has 8 heteroatoms. The second-order valence-corrected chi connectivity index (χ2v) is 6.16. The molecule has 1 aromatic carbocycles. The molecule has 0 amide bonds. The quantitative estimate of drug-likeness (QED) is 0.893. The van der Waals surface area contributed by atoms with Gasteiger partial charge < -0.3 is 5.11 Å². The molecule has 1 heterocycles. The molecule has 2 rings (SSSR count). The van der Waals surface area contributed by atoms with Crippen LogP contribution in [0, 0.1) is 0 Å². The van der Waals surface area contributed by atoms with Crippen LogP contribution in [-0.2, 0) is 14.9 Å². The molecule has 0 spiro atoms. The van der Waals surface area contributed by atoms with Gasteiger partial charge in [0.25, 0.3) is 10.0 Å². The van der Waals surface area contributed by atoms with Crippen LogP contribution < -0.4 is 0 Å². The van der Waals surface area contributed by atoms with Crippen LogP contribution in [0.1, 0.15) is 0 Å². The smallest absolute Gasteiger partial charge is 0.265 e. The van der Waals surface area contributed by atoms with Crippen LogP contribution in [0.15, 0.2) is 23.1 Å². The van der Waals surface area contributed by atoms with Crippen LogP contribution in [0.3, 0.4) is 0 Å². The highest BCUT2D eigenvalue weighted by molar-refractivity contribution is 7.89.